The van der Waals surface area contributed by atoms with Crippen molar-refractivity contribution in [3.8, 4) is 0 Å². The summed E-state index contributed by atoms with van der Waals surface area (Å²) in [7, 11) is 0. The molecular formula is C10H17NO5. The predicted molar refractivity (Wildman–Crippen MR) is 54.8 cm³/mol. The number of nitrogens with one attached hydrogen (secondary N) is 1. The van der Waals surface area contributed by atoms with Crippen molar-refractivity contribution in [1.29, 1.82) is 0 Å². The van der Waals surface area contributed by atoms with Crippen molar-refractivity contribution in [2.24, 2.45) is 5.92 Å². The van der Waals surface area contributed by atoms with E-state index >= 15 is 0 Å². The molecule has 1 aliphatic rings. The van der Waals surface area contributed by atoms with E-state index < -0.39 is 18.2 Å². The van der Waals surface area contributed by atoms with Crippen molar-refractivity contribution in [2.45, 2.75) is 32.0 Å². The van der Waals surface area contributed by atoms with Crippen LogP contribution in [0.3, 0.4) is 0 Å². The highest BCUT2D eigenvalue weighted by molar-refractivity contribution is 5.82. The molecule has 3 N–H and O–H groups in total. The van der Waals surface area contributed by atoms with Gasteiger partial charge in [0.1, 0.15) is 6.10 Å². The van der Waals surface area contributed by atoms with Crippen molar-refractivity contribution in [2.75, 3.05) is 13.2 Å². The number of rotatable bonds is 5. The largest absolute Gasteiger partial charge is 0.479 e. The summed E-state index contributed by atoms with van der Waals surface area (Å²) in [6.07, 6.45) is -0.753. The molecule has 1 aliphatic heterocycles. The van der Waals surface area contributed by atoms with E-state index in [-0.39, 0.29) is 18.4 Å². The van der Waals surface area contributed by atoms with Crippen LogP contribution in [0.5, 0.6) is 0 Å². The van der Waals surface area contributed by atoms with Gasteiger partial charge < -0.3 is 20.3 Å². The van der Waals surface area contributed by atoms with E-state index in [2.05, 4.69) is 5.32 Å². The third kappa shape index (κ3) is 3.46. The van der Waals surface area contributed by atoms with Crippen LogP contribution in [0.1, 0.15) is 19.8 Å². The second-order valence-corrected chi connectivity index (χ2v) is 4.06. The number of aliphatic carboxylic acids is 1. The number of carboxylic acids is 1. The van der Waals surface area contributed by atoms with Gasteiger partial charge in [0, 0.05) is 13.2 Å². The maximum Gasteiger partial charge on any atom is 0.332 e. The van der Waals surface area contributed by atoms with Gasteiger partial charge in [-0.25, -0.2) is 4.79 Å². The number of aliphatic hydroxyl groups excluding tert-OH is 1. The van der Waals surface area contributed by atoms with E-state index in [9.17, 15) is 9.59 Å². The Labute approximate surface area is 93.6 Å². The Morgan fingerprint density at radius 3 is 2.56 bits per heavy atom. The zero-order chi connectivity index (χ0) is 12.1. The van der Waals surface area contributed by atoms with Crippen LogP contribution in [0, 0.1) is 5.92 Å². The predicted octanol–water partition coefficient (Wildman–Crippen LogP) is -0.637. The number of carboxylic acid groups (broad SMARTS) is 1. The Hall–Kier alpha value is -1.14. The summed E-state index contributed by atoms with van der Waals surface area (Å²) in [6.45, 7) is 2.17. The van der Waals surface area contributed by atoms with Gasteiger partial charge in [-0.05, 0) is 18.8 Å². The average molecular weight is 231 g/mol. The molecule has 3 atom stereocenters. The van der Waals surface area contributed by atoms with Gasteiger partial charge >= 0.3 is 5.97 Å². The van der Waals surface area contributed by atoms with Crippen molar-refractivity contribution in [3.05, 3.63) is 0 Å². The minimum absolute atomic E-state index is 0.00353. The van der Waals surface area contributed by atoms with E-state index in [1.54, 1.807) is 6.92 Å². The highest BCUT2D eigenvalue weighted by atomic mass is 16.5. The number of hydrogen-bond acceptors (Lipinski definition) is 4. The lowest BCUT2D eigenvalue weighted by Crippen LogP contribution is -2.38. The SMILES string of the molecule is CC(CO)CNC(=O)[C@@H]1CC[C@H](C(=O)O)O1. The van der Waals surface area contributed by atoms with Gasteiger partial charge in [0.15, 0.2) is 6.10 Å². The summed E-state index contributed by atoms with van der Waals surface area (Å²) in [6, 6.07) is 0. The Kier molecular flexibility index (Phi) is 4.70. The van der Waals surface area contributed by atoms with Gasteiger partial charge in [-0.2, -0.15) is 0 Å². The molecule has 92 valence electrons. The number of ether oxygens (including phenoxy) is 1. The molecule has 0 aliphatic carbocycles. The van der Waals surface area contributed by atoms with Crippen LogP contribution in [0.4, 0.5) is 0 Å². The topological polar surface area (TPSA) is 95.9 Å². The van der Waals surface area contributed by atoms with E-state index in [1.807, 2.05) is 0 Å². The molecule has 6 nitrogen and oxygen atoms in total. The molecule has 16 heavy (non-hydrogen) atoms. The molecule has 1 fully saturated rings. The first-order chi connectivity index (χ1) is 7.54. The Bertz CT molecular complexity index is 268. The molecule has 0 radical (unpaired) electrons. The first-order valence-corrected chi connectivity index (χ1v) is 5.31. The van der Waals surface area contributed by atoms with Gasteiger partial charge in [-0.1, -0.05) is 6.92 Å². The van der Waals surface area contributed by atoms with Crippen LogP contribution in [-0.2, 0) is 14.3 Å². The highest BCUT2D eigenvalue weighted by Crippen LogP contribution is 2.19. The lowest BCUT2D eigenvalue weighted by molar-refractivity contribution is -0.151. The van der Waals surface area contributed by atoms with Crippen LogP contribution in [0.2, 0.25) is 0 Å². The Balaban J connectivity index is 2.31. The molecule has 1 rings (SSSR count). The summed E-state index contributed by atoms with van der Waals surface area (Å²) >= 11 is 0. The molecule has 0 aromatic carbocycles. The molecule has 0 saturated carbocycles. The first kappa shape index (κ1) is 12.9. The zero-order valence-corrected chi connectivity index (χ0v) is 9.18. The van der Waals surface area contributed by atoms with Gasteiger partial charge in [-0.15, -0.1) is 0 Å². The van der Waals surface area contributed by atoms with Crippen LogP contribution < -0.4 is 5.32 Å². The molecule has 1 amide bonds. The fraction of sp³-hybridized carbons (Fsp3) is 0.800. The quantitative estimate of drug-likeness (QED) is 0.585. The van der Waals surface area contributed by atoms with Crippen LogP contribution in [0.15, 0.2) is 0 Å². The number of carbonyl (C=O) groups excluding carboxylic acids is 1. The maximum atomic E-state index is 11.5. The number of carbonyl (C=O) groups is 2. The van der Waals surface area contributed by atoms with E-state index in [1.165, 1.54) is 0 Å². The van der Waals surface area contributed by atoms with Gasteiger partial charge in [-0.3, -0.25) is 4.79 Å². The van der Waals surface area contributed by atoms with Crippen molar-refractivity contribution in [3.63, 3.8) is 0 Å². The van der Waals surface area contributed by atoms with Crippen molar-refractivity contribution >= 4 is 11.9 Å². The maximum absolute atomic E-state index is 11.5. The van der Waals surface area contributed by atoms with E-state index in [0.29, 0.717) is 19.4 Å². The van der Waals surface area contributed by atoms with E-state index in [4.69, 9.17) is 14.9 Å². The molecule has 0 aromatic rings. The fourth-order valence-electron chi connectivity index (χ4n) is 1.46. The smallest absolute Gasteiger partial charge is 0.332 e. The Morgan fingerprint density at radius 2 is 2.06 bits per heavy atom. The summed E-state index contributed by atoms with van der Waals surface area (Å²) in [4.78, 5) is 22.1. The first-order valence-electron chi connectivity index (χ1n) is 5.31. The molecule has 6 heteroatoms. The molecule has 0 spiro atoms. The standard InChI is InChI=1S/C10H17NO5/c1-6(5-12)4-11-9(13)7-2-3-8(16-7)10(14)15/h6-8,12H,2-5H2,1H3,(H,11,13)(H,14,15)/t6?,7-,8+/m0/s1. The van der Waals surface area contributed by atoms with Crippen molar-refractivity contribution in [1.82, 2.24) is 5.32 Å². The molecule has 0 aromatic heterocycles. The second-order valence-electron chi connectivity index (χ2n) is 4.06. The zero-order valence-electron chi connectivity index (χ0n) is 9.18. The van der Waals surface area contributed by atoms with Crippen LogP contribution >= 0.6 is 0 Å². The lowest BCUT2D eigenvalue weighted by Gasteiger charge is -2.13. The number of amides is 1. The fourth-order valence-corrected chi connectivity index (χ4v) is 1.46. The molecular weight excluding hydrogens is 214 g/mol. The third-order valence-electron chi connectivity index (χ3n) is 2.52. The highest BCUT2D eigenvalue weighted by Gasteiger charge is 2.34. The summed E-state index contributed by atoms with van der Waals surface area (Å²) < 4.78 is 5.08. The normalized spacial score (nSPS) is 26.4. The summed E-state index contributed by atoms with van der Waals surface area (Å²) in [5.74, 6) is -1.34. The van der Waals surface area contributed by atoms with Gasteiger partial charge in [0.2, 0.25) is 5.91 Å². The molecule has 0 bridgehead atoms. The minimum atomic E-state index is -1.03. The summed E-state index contributed by atoms with van der Waals surface area (Å²) in [5.41, 5.74) is 0. The number of aliphatic hydroxyl groups is 1. The minimum Gasteiger partial charge on any atom is -0.479 e. The molecule has 1 heterocycles. The monoisotopic (exact) mass is 231 g/mol. The Morgan fingerprint density at radius 1 is 1.44 bits per heavy atom. The van der Waals surface area contributed by atoms with E-state index in [0.717, 1.165) is 0 Å². The van der Waals surface area contributed by atoms with Gasteiger partial charge in [0.05, 0.1) is 0 Å². The number of hydrogen-bond donors (Lipinski definition) is 3. The van der Waals surface area contributed by atoms with Crippen molar-refractivity contribution < 1.29 is 24.5 Å². The molecule has 1 unspecified atom stereocenters. The average Bonchev–Trinajstić information content (AvgIpc) is 2.74. The van der Waals surface area contributed by atoms with Crippen LogP contribution in [-0.4, -0.2) is 47.4 Å². The molecule has 1 saturated heterocycles. The third-order valence-corrected chi connectivity index (χ3v) is 2.52. The van der Waals surface area contributed by atoms with Gasteiger partial charge in [0.25, 0.3) is 0 Å². The summed E-state index contributed by atoms with van der Waals surface area (Å²) in [5, 5.41) is 20.1. The van der Waals surface area contributed by atoms with Crippen LogP contribution in [0.25, 0.3) is 0 Å². The lowest BCUT2D eigenvalue weighted by atomic mass is 10.1. The second kappa shape index (κ2) is 5.81.